The van der Waals surface area contributed by atoms with Gasteiger partial charge in [0.2, 0.25) is 11.8 Å². The predicted octanol–water partition coefficient (Wildman–Crippen LogP) is 1.80. The fraction of sp³-hybridized carbons (Fsp3) is 0.286. The van der Waals surface area contributed by atoms with E-state index in [0.29, 0.717) is 4.47 Å². The van der Waals surface area contributed by atoms with E-state index in [0.717, 1.165) is 4.90 Å². The highest BCUT2D eigenvalue weighted by molar-refractivity contribution is 9.10. The first-order chi connectivity index (χ1) is 10.5. The zero-order valence-corrected chi connectivity index (χ0v) is 12.6. The van der Waals surface area contributed by atoms with Crippen LogP contribution in [0.25, 0.3) is 0 Å². The number of fused-ring (bicyclic) bond motifs is 5. The smallest absolute Gasteiger partial charge is 0.294 e. The van der Waals surface area contributed by atoms with Crippen LogP contribution in [0.3, 0.4) is 0 Å². The Hall–Kier alpha value is -2.06. The van der Waals surface area contributed by atoms with Crippen LogP contribution in [0.4, 0.5) is 11.4 Å². The van der Waals surface area contributed by atoms with E-state index in [-0.39, 0.29) is 11.4 Å². The zero-order chi connectivity index (χ0) is 15.6. The molecule has 2 fully saturated rings. The van der Waals surface area contributed by atoms with Crippen molar-refractivity contribution >= 4 is 39.1 Å². The SMILES string of the molecule is O=C1[C@@H]2[C@@H](C(=O)N1c1ccc(Br)cc1[N+](=O)[O-])[C@H]1C=C[C@H]2O1. The van der Waals surface area contributed by atoms with Crippen molar-refractivity contribution in [1.82, 2.24) is 0 Å². The lowest BCUT2D eigenvalue weighted by Gasteiger charge is -2.17. The number of nitro benzene ring substituents is 1. The Bertz CT molecular complexity index is 732. The average Bonchev–Trinajstić information content (AvgIpc) is 3.14. The number of anilines is 1. The lowest BCUT2D eigenvalue weighted by molar-refractivity contribution is -0.384. The number of rotatable bonds is 2. The van der Waals surface area contributed by atoms with Crippen LogP contribution in [0, 0.1) is 22.0 Å². The molecule has 7 nitrogen and oxygen atoms in total. The van der Waals surface area contributed by atoms with Crippen molar-refractivity contribution in [3.63, 3.8) is 0 Å². The summed E-state index contributed by atoms with van der Waals surface area (Å²) in [7, 11) is 0. The standard InChI is InChI=1S/C14H9BrN2O5/c15-6-1-2-7(8(5-6)17(20)21)16-13(18)11-9-3-4-10(22-9)12(11)14(16)19/h1-5,9-12H/t9-,10-,11+,12+/m1/s1. The van der Waals surface area contributed by atoms with Crippen molar-refractivity contribution in [2.24, 2.45) is 11.8 Å². The molecule has 0 spiro atoms. The van der Waals surface area contributed by atoms with Crippen LogP contribution in [-0.2, 0) is 14.3 Å². The summed E-state index contributed by atoms with van der Waals surface area (Å²) < 4.78 is 6.05. The third-order valence-corrected chi connectivity index (χ3v) is 4.78. The molecule has 0 aliphatic carbocycles. The summed E-state index contributed by atoms with van der Waals surface area (Å²) in [5, 5.41) is 11.2. The minimum Gasteiger partial charge on any atom is -0.365 e. The van der Waals surface area contributed by atoms with Gasteiger partial charge >= 0.3 is 0 Å². The number of hydrogen-bond donors (Lipinski definition) is 0. The first kappa shape index (κ1) is 13.6. The van der Waals surface area contributed by atoms with Crippen LogP contribution >= 0.6 is 15.9 Å². The van der Waals surface area contributed by atoms with Gasteiger partial charge in [-0.1, -0.05) is 28.1 Å². The number of imide groups is 1. The van der Waals surface area contributed by atoms with E-state index in [9.17, 15) is 19.7 Å². The minimum atomic E-state index is -0.599. The quantitative estimate of drug-likeness (QED) is 0.345. The van der Waals surface area contributed by atoms with Crippen molar-refractivity contribution in [2.75, 3.05) is 4.90 Å². The Morgan fingerprint density at radius 3 is 2.27 bits per heavy atom. The topological polar surface area (TPSA) is 89.8 Å². The maximum atomic E-state index is 12.6. The van der Waals surface area contributed by atoms with Gasteiger partial charge in [0.25, 0.3) is 5.69 Å². The Balaban J connectivity index is 1.81. The molecule has 0 saturated carbocycles. The Labute approximate surface area is 132 Å². The zero-order valence-electron chi connectivity index (χ0n) is 11.0. The Morgan fingerprint density at radius 2 is 1.73 bits per heavy atom. The van der Waals surface area contributed by atoms with Gasteiger partial charge in [-0.15, -0.1) is 0 Å². The highest BCUT2D eigenvalue weighted by Gasteiger charge is 2.61. The molecule has 112 valence electrons. The molecule has 3 heterocycles. The maximum Gasteiger partial charge on any atom is 0.294 e. The van der Waals surface area contributed by atoms with Gasteiger partial charge < -0.3 is 4.74 Å². The number of nitro groups is 1. The number of benzene rings is 1. The van der Waals surface area contributed by atoms with Crippen LogP contribution in [0.2, 0.25) is 0 Å². The van der Waals surface area contributed by atoms with Gasteiger partial charge in [0.05, 0.1) is 29.0 Å². The third-order valence-electron chi connectivity index (χ3n) is 4.29. The van der Waals surface area contributed by atoms with Crippen molar-refractivity contribution < 1.29 is 19.2 Å². The average molecular weight is 365 g/mol. The summed E-state index contributed by atoms with van der Waals surface area (Å²) in [6.45, 7) is 0. The second-order valence-corrected chi connectivity index (χ2v) is 6.32. The van der Waals surface area contributed by atoms with E-state index in [4.69, 9.17) is 4.74 Å². The van der Waals surface area contributed by atoms with E-state index in [1.54, 1.807) is 18.2 Å². The Kier molecular flexibility index (Phi) is 2.76. The largest absolute Gasteiger partial charge is 0.365 e. The second kappa shape index (κ2) is 4.47. The molecule has 2 saturated heterocycles. The van der Waals surface area contributed by atoms with Gasteiger partial charge in [-0.2, -0.15) is 0 Å². The molecule has 1 aromatic rings. The van der Waals surface area contributed by atoms with E-state index in [1.807, 2.05) is 0 Å². The highest BCUT2D eigenvalue weighted by Crippen LogP contribution is 2.47. The molecule has 3 aliphatic heterocycles. The molecule has 4 atom stereocenters. The third kappa shape index (κ3) is 1.65. The maximum absolute atomic E-state index is 12.6. The first-order valence-corrected chi connectivity index (χ1v) is 7.44. The van der Waals surface area contributed by atoms with Crippen molar-refractivity contribution in [3.05, 3.63) is 44.9 Å². The van der Waals surface area contributed by atoms with E-state index < -0.39 is 40.8 Å². The monoisotopic (exact) mass is 364 g/mol. The first-order valence-electron chi connectivity index (χ1n) is 6.64. The number of amides is 2. The van der Waals surface area contributed by atoms with E-state index in [2.05, 4.69) is 15.9 Å². The fourth-order valence-corrected chi connectivity index (χ4v) is 3.72. The van der Waals surface area contributed by atoms with E-state index in [1.165, 1.54) is 12.1 Å². The molecular weight excluding hydrogens is 356 g/mol. The van der Waals surface area contributed by atoms with Crippen LogP contribution in [0.1, 0.15) is 0 Å². The van der Waals surface area contributed by atoms with E-state index >= 15 is 0 Å². The minimum absolute atomic E-state index is 0.0111. The van der Waals surface area contributed by atoms with Crippen molar-refractivity contribution in [3.8, 4) is 0 Å². The fourth-order valence-electron chi connectivity index (χ4n) is 3.37. The summed E-state index contributed by atoms with van der Waals surface area (Å²) in [5.41, 5.74) is -0.269. The second-order valence-electron chi connectivity index (χ2n) is 5.40. The molecule has 22 heavy (non-hydrogen) atoms. The van der Waals surface area contributed by atoms with Gasteiger partial charge in [0, 0.05) is 10.5 Å². The Morgan fingerprint density at radius 1 is 1.14 bits per heavy atom. The van der Waals surface area contributed by atoms with Crippen molar-refractivity contribution in [2.45, 2.75) is 12.2 Å². The van der Waals surface area contributed by atoms with Crippen LogP contribution in [0.5, 0.6) is 0 Å². The summed E-state index contributed by atoms with van der Waals surface area (Å²) in [6, 6.07) is 4.27. The van der Waals surface area contributed by atoms with Crippen molar-refractivity contribution in [1.29, 1.82) is 0 Å². The lowest BCUT2D eigenvalue weighted by atomic mass is 9.85. The molecule has 4 rings (SSSR count). The number of hydrogen-bond acceptors (Lipinski definition) is 5. The molecule has 8 heteroatoms. The van der Waals surface area contributed by atoms with Gasteiger partial charge in [0.15, 0.2) is 0 Å². The normalized spacial score (nSPS) is 32.0. The van der Waals surface area contributed by atoms with Gasteiger partial charge in [-0.05, 0) is 12.1 Å². The number of halogens is 1. The summed E-state index contributed by atoms with van der Waals surface area (Å²) in [5.74, 6) is -2.02. The van der Waals surface area contributed by atoms with Crippen LogP contribution in [-0.4, -0.2) is 28.9 Å². The summed E-state index contributed by atoms with van der Waals surface area (Å²) in [6.07, 6.45) is 2.73. The number of nitrogens with zero attached hydrogens (tertiary/aromatic N) is 2. The molecular formula is C14H9BrN2O5. The predicted molar refractivity (Wildman–Crippen MR) is 78.1 cm³/mol. The summed E-state index contributed by atoms with van der Waals surface area (Å²) in [4.78, 5) is 36.8. The van der Waals surface area contributed by atoms with Crippen LogP contribution < -0.4 is 4.90 Å². The molecule has 0 radical (unpaired) electrons. The van der Waals surface area contributed by atoms with Gasteiger partial charge in [0.1, 0.15) is 5.69 Å². The molecule has 0 aromatic heterocycles. The molecule has 2 bridgehead atoms. The lowest BCUT2D eigenvalue weighted by Crippen LogP contribution is -2.34. The summed E-state index contributed by atoms with van der Waals surface area (Å²) >= 11 is 3.16. The van der Waals surface area contributed by atoms with Gasteiger partial charge in [-0.25, -0.2) is 4.90 Å². The number of ether oxygens (including phenoxy) is 1. The molecule has 0 unspecified atom stereocenters. The highest BCUT2D eigenvalue weighted by atomic mass is 79.9. The molecule has 3 aliphatic rings. The number of carbonyl (C=O) groups excluding carboxylic acids is 2. The number of carbonyl (C=O) groups is 2. The molecule has 0 N–H and O–H groups in total. The van der Waals surface area contributed by atoms with Gasteiger partial charge in [-0.3, -0.25) is 19.7 Å². The molecule has 1 aromatic carbocycles. The molecule has 2 amide bonds. The van der Waals surface area contributed by atoms with Crippen LogP contribution in [0.15, 0.2) is 34.8 Å².